The molecule has 5 nitrogen and oxygen atoms in total. The topological polar surface area (TPSA) is 50.8 Å². The predicted octanol–water partition coefficient (Wildman–Crippen LogP) is 2.40. The van der Waals surface area contributed by atoms with Crippen molar-refractivity contribution in [2.24, 2.45) is 0 Å². The van der Waals surface area contributed by atoms with E-state index in [1.165, 1.54) is 0 Å². The molecule has 0 spiro atoms. The quantitative estimate of drug-likeness (QED) is 0.907. The molecule has 1 saturated heterocycles. The van der Waals surface area contributed by atoms with Crippen molar-refractivity contribution in [3.8, 4) is 0 Å². The predicted molar refractivity (Wildman–Crippen MR) is 93.7 cm³/mol. The molecule has 0 bridgehead atoms. The average Bonchev–Trinajstić information content (AvgIpc) is 3.13. The first-order valence-corrected chi connectivity index (χ1v) is 8.57. The maximum absolute atomic E-state index is 12.4. The molecule has 4 rings (SSSR count). The summed E-state index contributed by atoms with van der Waals surface area (Å²) in [5.41, 5.74) is 3.32. The second kappa shape index (κ2) is 7.06. The van der Waals surface area contributed by atoms with Gasteiger partial charge in [-0.2, -0.15) is 0 Å². The number of carbonyl (C=O) groups is 1. The average molecular weight is 338 g/mol. The van der Waals surface area contributed by atoms with E-state index in [9.17, 15) is 4.79 Å². The molecule has 2 unspecified atom stereocenters. The van der Waals surface area contributed by atoms with Gasteiger partial charge in [0, 0.05) is 6.42 Å². The summed E-state index contributed by atoms with van der Waals surface area (Å²) in [6, 6.07) is 18.0. The molecule has 2 aromatic rings. The van der Waals surface area contributed by atoms with Gasteiger partial charge in [-0.3, -0.25) is 15.0 Å². The van der Waals surface area contributed by atoms with Gasteiger partial charge in [-0.1, -0.05) is 54.6 Å². The lowest BCUT2D eigenvalue weighted by atomic mass is 9.93. The monoisotopic (exact) mass is 338 g/mol. The van der Waals surface area contributed by atoms with E-state index in [0.717, 1.165) is 16.7 Å². The molecule has 2 aliphatic heterocycles. The number of fused-ring (bicyclic) bond motifs is 3. The zero-order valence-electron chi connectivity index (χ0n) is 14.2. The zero-order valence-corrected chi connectivity index (χ0v) is 14.2. The number of benzene rings is 2. The standard InChI is InChI=1S/C20H22N2O3/c1-22-19(21-12-15(23)11-14-7-3-2-4-8-14)17-10-6-5-9-16(17)18-20(22)25-13-24-18/h2-10,18-21H,11-13H2,1H3/t18?,19-,20?/m0/s1. The molecule has 5 heteroatoms. The van der Waals surface area contributed by atoms with Crippen LogP contribution in [0.4, 0.5) is 0 Å². The molecule has 2 heterocycles. The Labute approximate surface area is 147 Å². The third kappa shape index (κ3) is 3.24. The van der Waals surface area contributed by atoms with Crippen LogP contribution in [0.25, 0.3) is 0 Å². The highest BCUT2D eigenvalue weighted by molar-refractivity contribution is 5.82. The number of ketones is 1. The van der Waals surface area contributed by atoms with Gasteiger partial charge in [0.2, 0.25) is 0 Å². The Balaban J connectivity index is 1.48. The van der Waals surface area contributed by atoms with Crippen LogP contribution in [0.1, 0.15) is 29.0 Å². The molecule has 1 fully saturated rings. The summed E-state index contributed by atoms with van der Waals surface area (Å²) < 4.78 is 11.5. The molecular weight excluding hydrogens is 316 g/mol. The van der Waals surface area contributed by atoms with E-state index in [-0.39, 0.29) is 24.3 Å². The molecule has 2 aromatic carbocycles. The number of nitrogens with zero attached hydrogens (tertiary/aromatic N) is 1. The molecule has 3 atom stereocenters. The van der Waals surface area contributed by atoms with Crippen molar-refractivity contribution in [3.05, 3.63) is 71.3 Å². The summed E-state index contributed by atoms with van der Waals surface area (Å²) in [6.07, 6.45) is 0.173. The largest absolute Gasteiger partial charge is 0.343 e. The maximum atomic E-state index is 12.4. The van der Waals surface area contributed by atoms with Crippen molar-refractivity contribution in [2.45, 2.75) is 24.9 Å². The van der Waals surface area contributed by atoms with E-state index in [1.54, 1.807) is 0 Å². The number of rotatable bonds is 5. The number of hydrogen-bond acceptors (Lipinski definition) is 5. The minimum atomic E-state index is -0.128. The number of ether oxygens (including phenoxy) is 2. The lowest BCUT2D eigenvalue weighted by molar-refractivity contribution is -0.118. The lowest BCUT2D eigenvalue weighted by Crippen LogP contribution is -2.49. The Kier molecular flexibility index (Phi) is 4.63. The van der Waals surface area contributed by atoms with E-state index in [4.69, 9.17) is 9.47 Å². The van der Waals surface area contributed by atoms with Crippen LogP contribution in [0.3, 0.4) is 0 Å². The number of Topliss-reactive ketones (excluding diaryl/α,β-unsaturated/α-hetero) is 1. The summed E-state index contributed by atoms with van der Waals surface area (Å²) in [7, 11) is 2.00. The van der Waals surface area contributed by atoms with Crippen molar-refractivity contribution < 1.29 is 14.3 Å². The van der Waals surface area contributed by atoms with Gasteiger partial charge in [-0.25, -0.2) is 0 Å². The normalized spacial score (nSPS) is 25.4. The summed E-state index contributed by atoms with van der Waals surface area (Å²) in [6.45, 7) is 0.615. The van der Waals surface area contributed by atoms with Crippen molar-refractivity contribution in [1.29, 1.82) is 0 Å². The number of nitrogens with one attached hydrogen (secondary N) is 1. The van der Waals surface area contributed by atoms with Crippen LogP contribution in [0.5, 0.6) is 0 Å². The maximum Gasteiger partial charge on any atom is 0.151 e. The van der Waals surface area contributed by atoms with Crippen molar-refractivity contribution in [1.82, 2.24) is 10.2 Å². The van der Waals surface area contributed by atoms with Gasteiger partial charge in [0.15, 0.2) is 5.78 Å². The highest BCUT2D eigenvalue weighted by atomic mass is 16.7. The fraction of sp³-hybridized carbons (Fsp3) is 0.350. The van der Waals surface area contributed by atoms with Crippen LogP contribution in [0.2, 0.25) is 0 Å². The molecule has 0 saturated carbocycles. The van der Waals surface area contributed by atoms with Crippen molar-refractivity contribution >= 4 is 5.78 Å². The van der Waals surface area contributed by atoms with Gasteiger partial charge in [0.25, 0.3) is 0 Å². The lowest BCUT2D eigenvalue weighted by Gasteiger charge is -2.41. The zero-order chi connectivity index (χ0) is 17.2. The molecule has 0 radical (unpaired) electrons. The van der Waals surface area contributed by atoms with E-state index in [0.29, 0.717) is 19.8 Å². The third-order valence-corrected chi connectivity index (χ3v) is 4.89. The molecular formula is C20H22N2O3. The molecule has 0 aliphatic carbocycles. The fourth-order valence-electron chi connectivity index (χ4n) is 3.66. The second-order valence-corrected chi connectivity index (χ2v) is 6.54. The van der Waals surface area contributed by atoms with E-state index in [2.05, 4.69) is 22.3 Å². The van der Waals surface area contributed by atoms with Crippen molar-refractivity contribution in [2.75, 3.05) is 20.4 Å². The van der Waals surface area contributed by atoms with Gasteiger partial charge >= 0.3 is 0 Å². The van der Waals surface area contributed by atoms with Gasteiger partial charge in [0.1, 0.15) is 19.1 Å². The molecule has 0 aromatic heterocycles. The van der Waals surface area contributed by atoms with Crippen LogP contribution in [-0.2, 0) is 20.7 Å². The second-order valence-electron chi connectivity index (χ2n) is 6.54. The van der Waals surface area contributed by atoms with Crippen LogP contribution in [-0.4, -0.2) is 37.3 Å². The Morgan fingerprint density at radius 3 is 2.60 bits per heavy atom. The summed E-state index contributed by atoms with van der Waals surface area (Å²) in [4.78, 5) is 14.5. The number of hydrogen-bond donors (Lipinski definition) is 1. The first kappa shape index (κ1) is 16.4. The summed E-state index contributed by atoms with van der Waals surface area (Å²) in [5.74, 6) is 0.169. The molecule has 25 heavy (non-hydrogen) atoms. The van der Waals surface area contributed by atoms with E-state index < -0.39 is 0 Å². The van der Waals surface area contributed by atoms with Crippen LogP contribution < -0.4 is 5.32 Å². The van der Waals surface area contributed by atoms with Gasteiger partial charge < -0.3 is 9.47 Å². The fourth-order valence-corrected chi connectivity index (χ4v) is 3.66. The van der Waals surface area contributed by atoms with Crippen molar-refractivity contribution in [3.63, 3.8) is 0 Å². The van der Waals surface area contributed by atoms with Crippen LogP contribution in [0.15, 0.2) is 54.6 Å². The van der Waals surface area contributed by atoms with Gasteiger partial charge in [0.05, 0.1) is 12.7 Å². The first-order valence-electron chi connectivity index (χ1n) is 8.57. The minimum absolute atomic E-state index is 0.0701. The highest BCUT2D eigenvalue weighted by Gasteiger charge is 2.43. The molecule has 1 N–H and O–H groups in total. The van der Waals surface area contributed by atoms with E-state index >= 15 is 0 Å². The van der Waals surface area contributed by atoms with Crippen LogP contribution in [0, 0.1) is 0 Å². The smallest absolute Gasteiger partial charge is 0.151 e. The Morgan fingerprint density at radius 2 is 1.80 bits per heavy atom. The van der Waals surface area contributed by atoms with Gasteiger partial charge in [-0.05, 0) is 23.7 Å². The SMILES string of the molecule is CN1C2OCOC2c2ccccc2[C@H]1NCC(=O)Cc1ccccc1. The molecule has 0 amide bonds. The van der Waals surface area contributed by atoms with Gasteiger partial charge in [-0.15, -0.1) is 0 Å². The first-order chi connectivity index (χ1) is 12.2. The Morgan fingerprint density at radius 1 is 1.08 bits per heavy atom. The Hall–Kier alpha value is -2.05. The Bertz CT molecular complexity index is 750. The number of likely N-dealkylation sites (N-methyl/N-ethyl adjacent to an activating group) is 1. The molecule has 130 valence electrons. The summed E-state index contributed by atoms with van der Waals surface area (Å²) >= 11 is 0. The highest BCUT2D eigenvalue weighted by Crippen LogP contribution is 2.41. The minimum Gasteiger partial charge on any atom is -0.343 e. The third-order valence-electron chi connectivity index (χ3n) is 4.89. The molecule has 2 aliphatic rings. The number of carbonyl (C=O) groups excluding carboxylic acids is 1. The summed E-state index contributed by atoms with van der Waals surface area (Å²) in [5, 5.41) is 3.40. The van der Waals surface area contributed by atoms with Crippen LogP contribution >= 0.6 is 0 Å². The van der Waals surface area contributed by atoms with E-state index in [1.807, 2.05) is 49.5 Å².